The third-order valence-corrected chi connectivity index (χ3v) is 4.73. The van der Waals surface area contributed by atoms with E-state index in [1.165, 1.54) is 11.3 Å². The predicted octanol–water partition coefficient (Wildman–Crippen LogP) is 4.11. The maximum atomic E-state index is 11.4. The number of hydrogen-bond acceptors (Lipinski definition) is 4. The number of nitrogens with zero attached hydrogens (tertiary/aromatic N) is 1. The van der Waals surface area contributed by atoms with Gasteiger partial charge < -0.3 is 10.4 Å². The molecule has 0 saturated heterocycles. The number of halogens is 2. The van der Waals surface area contributed by atoms with Crippen LogP contribution in [0.25, 0.3) is 0 Å². The Hall–Kier alpha value is -1.11. The maximum Gasteiger partial charge on any atom is 0.331 e. The quantitative estimate of drug-likeness (QED) is 0.860. The molecular formula is C12H10BrClN2O2S. The summed E-state index contributed by atoms with van der Waals surface area (Å²) < 4.78 is 0.712. The number of anilines is 1. The number of aromatic nitrogens is 1. The Balaban J connectivity index is 2.29. The highest BCUT2D eigenvalue weighted by atomic mass is 79.9. The summed E-state index contributed by atoms with van der Waals surface area (Å²) in [4.78, 5) is 16.2. The van der Waals surface area contributed by atoms with Gasteiger partial charge in [-0.05, 0) is 41.1 Å². The average molecular weight is 362 g/mol. The number of rotatable bonds is 4. The third-order valence-electron chi connectivity index (χ3n) is 2.52. The van der Waals surface area contributed by atoms with Crippen molar-refractivity contribution in [1.82, 2.24) is 4.98 Å². The fraction of sp³-hybridized carbons (Fsp3) is 0.167. The lowest BCUT2D eigenvalue weighted by Gasteiger charge is -2.15. The molecule has 1 aromatic carbocycles. The second kappa shape index (κ2) is 5.90. The summed E-state index contributed by atoms with van der Waals surface area (Å²) in [7, 11) is 0. The lowest BCUT2D eigenvalue weighted by atomic mass is 10.2. The SMILES string of the molecule is Cc1ncsc1C(Nc1ccc(Cl)c(Br)c1)C(=O)O. The fourth-order valence-corrected chi connectivity index (χ4v) is 2.92. The largest absolute Gasteiger partial charge is 0.479 e. The molecule has 2 rings (SSSR count). The van der Waals surface area contributed by atoms with Crippen LogP contribution >= 0.6 is 38.9 Å². The number of hydrogen-bond donors (Lipinski definition) is 2. The van der Waals surface area contributed by atoms with Crippen molar-refractivity contribution in [2.75, 3.05) is 5.32 Å². The van der Waals surface area contributed by atoms with Crippen molar-refractivity contribution in [3.63, 3.8) is 0 Å². The number of carboxylic acid groups (broad SMARTS) is 1. The van der Waals surface area contributed by atoms with Crippen LogP contribution in [0.3, 0.4) is 0 Å². The Morgan fingerprint density at radius 1 is 1.58 bits per heavy atom. The van der Waals surface area contributed by atoms with Crippen molar-refractivity contribution < 1.29 is 9.90 Å². The molecular weight excluding hydrogens is 352 g/mol. The Bertz CT molecular complexity index is 618. The minimum Gasteiger partial charge on any atom is -0.479 e. The summed E-state index contributed by atoms with van der Waals surface area (Å²) in [5.74, 6) is -0.946. The van der Waals surface area contributed by atoms with Crippen LogP contribution in [0, 0.1) is 6.92 Å². The van der Waals surface area contributed by atoms with Gasteiger partial charge in [-0.15, -0.1) is 11.3 Å². The van der Waals surface area contributed by atoms with E-state index in [9.17, 15) is 9.90 Å². The summed E-state index contributed by atoms with van der Waals surface area (Å²) in [6, 6.07) is 4.36. The van der Waals surface area contributed by atoms with Gasteiger partial charge in [0.2, 0.25) is 0 Å². The van der Waals surface area contributed by atoms with Gasteiger partial charge in [-0.25, -0.2) is 9.78 Å². The van der Waals surface area contributed by atoms with Crippen molar-refractivity contribution in [2.45, 2.75) is 13.0 Å². The van der Waals surface area contributed by atoms with Gasteiger partial charge in [0.15, 0.2) is 6.04 Å². The standard InChI is InChI=1S/C12H10BrClN2O2S/c1-6-11(19-5-15-6)10(12(17)18)16-7-2-3-9(14)8(13)4-7/h2-5,10,16H,1H3,(H,17,18). The van der Waals surface area contributed by atoms with Crippen LogP contribution in [0.2, 0.25) is 5.02 Å². The van der Waals surface area contributed by atoms with Crippen LogP contribution in [0.1, 0.15) is 16.6 Å². The Morgan fingerprint density at radius 2 is 2.32 bits per heavy atom. The highest BCUT2D eigenvalue weighted by molar-refractivity contribution is 9.10. The topological polar surface area (TPSA) is 62.2 Å². The number of carbonyl (C=O) groups is 1. The number of nitrogens with one attached hydrogen (secondary N) is 1. The van der Waals surface area contributed by atoms with Gasteiger partial charge in [0.05, 0.1) is 21.1 Å². The molecule has 2 aromatic rings. The van der Waals surface area contributed by atoms with E-state index < -0.39 is 12.0 Å². The molecule has 0 bridgehead atoms. The summed E-state index contributed by atoms with van der Waals surface area (Å²) in [5.41, 5.74) is 3.04. The van der Waals surface area contributed by atoms with Gasteiger partial charge in [0.1, 0.15) is 0 Å². The van der Waals surface area contributed by atoms with Gasteiger partial charge >= 0.3 is 5.97 Å². The van der Waals surface area contributed by atoms with E-state index in [0.717, 1.165) is 5.69 Å². The Labute approximate surface area is 127 Å². The van der Waals surface area contributed by atoms with Crippen LogP contribution in [0.5, 0.6) is 0 Å². The number of carboxylic acids is 1. The van der Waals surface area contributed by atoms with Gasteiger partial charge in [0.25, 0.3) is 0 Å². The molecule has 1 aromatic heterocycles. The van der Waals surface area contributed by atoms with E-state index in [2.05, 4.69) is 26.2 Å². The lowest BCUT2D eigenvalue weighted by Crippen LogP contribution is -2.20. The second-order valence-corrected chi connectivity index (χ2v) is 5.99. The van der Waals surface area contributed by atoms with Gasteiger partial charge in [-0.1, -0.05) is 11.6 Å². The molecule has 0 aliphatic rings. The molecule has 19 heavy (non-hydrogen) atoms. The number of benzene rings is 1. The minimum atomic E-state index is -0.946. The third kappa shape index (κ3) is 3.26. The zero-order valence-electron chi connectivity index (χ0n) is 9.85. The first-order valence-electron chi connectivity index (χ1n) is 5.33. The van der Waals surface area contributed by atoms with E-state index in [1.54, 1.807) is 30.6 Å². The molecule has 2 N–H and O–H groups in total. The van der Waals surface area contributed by atoms with Crippen molar-refractivity contribution in [3.8, 4) is 0 Å². The predicted molar refractivity (Wildman–Crippen MR) is 80.0 cm³/mol. The second-order valence-electron chi connectivity index (χ2n) is 3.85. The van der Waals surface area contributed by atoms with Crippen LogP contribution in [-0.4, -0.2) is 16.1 Å². The first-order chi connectivity index (χ1) is 8.99. The van der Waals surface area contributed by atoms with Crippen molar-refractivity contribution >= 4 is 50.5 Å². The molecule has 0 aliphatic heterocycles. The van der Waals surface area contributed by atoms with Gasteiger partial charge in [-0.3, -0.25) is 0 Å². The van der Waals surface area contributed by atoms with Gasteiger partial charge in [-0.2, -0.15) is 0 Å². The summed E-state index contributed by atoms with van der Waals surface area (Å²) in [6.07, 6.45) is 0. The van der Waals surface area contributed by atoms with E-state index in [-0.39, 0.29) is 0 Å². The summed E-state index contributed by atoms with van der Waals surface area (Å²) >= 11 is 10.5. The first-order valence-corrected chi connectivity index (χ1v) is 7.38. The number of aliphatic carboxylic acids is 1. The molecule has 1 atom stereocenters. The van der Waals surface area contributed by atoms with E-state index >= 15 is 0 Å². The van der Waals surface area contributed by atoms with Crippen molar-refractivity contribution in [3.05, 3.63) is 43.8 Å². The van der Waals surface area contributed by atoms with Crippen LogP contribution < -0.4 is 5.32 Å². The highest BCUT2D eigenvalue weighted by Gasteiger charge is 2.23. The van der Waals surface area contributed by atoms with E-state index in [4.69, 9.17) is 11.6 Å². The monoisotopic (exact) mass is 360 g/mol. The minimum absolute atomic E-state index is 0.575. The molecule has 0 spiro atoms. The summed E-state index contributed by atoms with van der Waals surface area (Å²) in [6.45, 7) is 1.79. The Morgan fingerprint density at radius 3 is 2.84 bits per heavy atom. The summed E-state index contributed by atoms with van der Waals surface area (Å²) in [5, 5.41) is 12.9. The molecule has 1 unspecified atom stereocenters. The molecule has 4 nitrogen and oxygen atoms in total. The number of thiazole rings is 1. The normalized spacial score (nSPS) is 12.2. The first kappa shape index (κ1) is 14.3. The number of aryl methyl sites for hydroxylation is 1. The average Bonchev–Trinajstić information content (AvgIpc) is 2.76. The van der Waals surface area contributed by atoms with Crippen molar-refractivity contribution in [1.29, 1.82) is 0 Å². The molecule has 100 valence electrons. The van der Waals surface area contributed by atoms with Gasteiger partial charge in [0, 0.05) is 10.2 Å². The maximum absolute atomic E-state index is 11.4. The van der Waals surface area contributed by atoms with Crippen molar-refractivity contribution in [2.24, 2.45) is 0 Å². The fourth-order valence-electron chi connectivity index (χ4n) is 1.58. The van der Waals surface area contributed by atoms with Crippen LogP contribution in [0.4, 0.5) is 5.69 Å². The van der Waals surface area contributed by atoms with E-state index in [0.29, 0.717) is 20.1 Å². The molecule has 1 heterocycles. The van der Waals surface area contributed by atoms with Crippen LogP contribution in [0.15, 0.2) is 28.2 Å². The molecule has 0 aliphatic carbocycles. The van der Waals surface area contributed by atoms with E-state index in [1.807, 2.05) is 0 Å². The molecule has 0 saturated carbocycles. The molecule has 0 fully saturated rings. The van der Waals surface area contributed by atoms with Crippen LogP contribution in [-0.2, 0) is 4.79 Å². The highest BCUT2D eigenvalue weighted by Crippen LogP contribution is 2.30. The zero-order chi connectivity index (χ0) is 14.0. The smallest absolute Gasteiger partial charge is 0.331 e. The molecule has 7 heteroatoms. The molecule has 0 amide bonds. The molecule has 0 radical (unpaired) electrons. The zero-order valence-corrected chi connectivity index (χ0v) is 13.0. The Kier molecular flexibility index (Phi) is 4.44. The lowest BCUT2D eigenvalue weighted by molar-refractivity contribution is -0.138.